The smallest absolute Gasteiger partial charge is 0.123 e. The van der Waals surface area contributed by atoms with Crippen LogP contribution in [0.4, 0.5) is 4.39 Å². The van der Waals surface area contributed by atoms with Crippen molar-refractivity contribution in [1.82, 2.24) is 5.32 Å². The molecule has 0 saturated carbocycles. The highest BCUT2D eigenvalue weighted by Gasteiger charge is 2.29. The molecule has 0 bridgehead atoms. The average Bonchev–Trinajstić information content (AvgIpc) is 2.90. The van der Waals surface area contributed by atoms with E-state index >= 15 is 0 Å². The number of benzene rings is 2. The summed E-state index contributed by atoms with van der Waals surface area (Å²) in [6.45, 7) is 1.88. The largest absolute Gasteiger partial charge is 0.315 e. The maximum atomic E-state index is 13.0. The van der Waals surface area contributed by atoms with Gasteiger partial charge in [-0.1, -0.05) is 35.9 Å². The molecule has 1 heterocycles. The van der Waals surface area contributed by atoms with Gasteiger partial charge in [-0.15, -0.1) is 0 Å². The van der Waals surface area contributed by atoms with Crippen molar-refractivity contribution in [2.45, 2.75) is 11.8 Å². The Hall–Kier alpha value is -1.38. The second-order valence-corrected chi connectivity index (χ2v) is 5.41. The lowest BCUT2D eigenvalue weighted by molar-refractivity contribution is 0.621. The minimum Gasteiger partial charge on any atom is -0.315 e. The zero-order valence-corrected chi connectivity index (χ0v) is 11.2. The van der Waals surface area contributed by atoms with Crippen LogP contribution in [0.1, 0.15) is 23.0 Å². The summed E-state index contributed by atoms with van der Waals surface area (Å²) in [5.74, 6) is 0.627. The quantitative estimate of drug-likeness (QED) is 0.875. The summed E-state index contributed by atoms with van der Waals surface area (Å²) in [6.07, 6.45) is 0. The molecule has 0 aromatic heterocycles. The number of rotatable bonds is 2. The highest BCUT2D eigenvalue weighted by atomic mass is 35.5. The molecule has 19 heavy (non-hydrogen) atoms. The monoisotopic (exact) mass is 275 g/mol. The van der Waals surface area contributed by atoms with Gasteiger partial charge in [0.2, 0.25) is 0 Å². The van der Waals surface area contributed by atoms with Crippen molar-refractivity contribution in [1.29, 1.82) is 0 Å². The van der Waals surface area contributed by atoms with Crippen LogP contribution in [0.3, 0.4) is 0 Å². The molecule has 1 aliphatic rings. The first kappa shape index (κ1) is 12.6. The Kier molecular flexibility index (Phi) is 3.54. The van der Waals surface area contributed by atoms with Gasteiger partial charge in [-0.05, 0) is 35.4 Å². The first-order valence-corrected chi connectivity index (χ1v) is 6.83. The molecule has 2 atom stereocenters. The third kappa shape index (κ3) is 2.65. The van der Waals surface area contributed by atoms with E-state index in [-0.39, 0.29) is 5.82 Å². The molecule has 0 aliphatic carbocycles. The minimum atomic E-state index is -0.183. The van der Waals surface area contributed by atoms with Gasteiger partial charge in [0.15, 0.2) is 0 Å². The molecule has 1 nitrogen and oxygen atoms in total. The Balaban J connectivity index is 1.89. The summed E-state index contributed by atoms with van der Waals surface area (Å²) in [6, 6.07) is 14.9. The Labute approximate surface area is 117 Å². The number of hydrogen-bond acceptors (Lipinski definition) is 1. The highest BCUT2D eigenvalue weighted by Crippen LogP contribution is 2.36. The lowest BCUT2D eigenvalue weighted by atomic mass is 9.84. The van der Waals surface area contributed by atoms with Gasteiger partial charge in [0.1, 0.15) is 5.82 Å². The molecule has 1 N–H and O–H groups in total. The molecule has 2 aromatic carbocycles. The molecule has 2 aromatic rings. The topological polar surface area (TPSA) is 12.0 Å². The normalized spacial score (nSPS) is 22.6. The maximum Gasteiger partial charge on any atom is 0.123 e. The summed E-state index contributed by atoms with van der Waals surface area (Å²) in [5.41, 5.74) is 2.47. The Morgan fingerprint density at radius 1 is 0.842 bits per heavy atom. The van der Waals surface area contributed by atoms with Crippen molar-refractivity contribution in [3.63, 3.8) is 0 Å². The van der Waals surface area contributed by atoms with E-state index in [1.807, 2.05) is 24.3 Å². The summed E-state index contributed by atoms with van der Waals surface area (Å²) in [4.78, 5) is 0. The van der Waals surface area contributed by atoms with Gasteiger partial charge in [-0.25, -0.2) is 4.39 Å². The molecule has 1 fully saturated rings. The van der Waals surface area contributed by atoms with Crippen LogP contribution < -0.4 is 5.32 Å². The Bertz CT molecular complexity index is 498. The van der Waals surface area contributed by atoms with Crippen LogP contribution in [0.15, 0.2) is 48.5 Å². The van der Waals surface area contributed by atoms with Crippen molar-refractivity contribution < 1.29 is 4.39 Å². The molecular formula is C16H15ClFN. The number of hydrogen-bond donors (Lipinski definition) is 1. The van der Waals surface area contributed by atoms with E-state index in [0.717, 1.165) is 18.1 Å². The van der Waals surface area contributed by atoms with Crippen LogP contribution in [-0.2, 0) is 0 Å². The van der Waals surface area contributed by atoms with Gasteiger partial charge in [0.25, 0.3) is 0 Å². The van der Waals surface area contributed by atoms with Crippen molar-refractivity contribution in [3.8, 4) is 0 Å². The van der Waals surface area contributed by atoms with Gasteiger partial charge < -0.3 is 5.32 Å². The molecule has 0 spiro atoms. The SMILES string of the molecule is Fc1ccc([C@@H]2CNC[C@H]2c2ccc(Cl)cc2)cc1. The predicted octanol–water partition coefficient (Wildman–Crippen LogP) is 3.95. The van der Waals surface area contributed by atoms with Crippen LogP contribution in [0, 0.1) is 5.82 Å². The fourth-order valence-electron chi connectivity index (χ4n) is 2.80. The van der Waals surface area contributed by atoms with E-state index in [9.17, 15) is 4.39 Å². The number of halogens is 2. The van der Waals surface area contributed by atoms with Crippen molar-refractivity contribution >= 4 is 11.6 Å². The van der Waals surface area contributed by atoms with E-state index in [2.05, 4.69) is 17.4 Å². The Morgan fingerprint density at radius 2 is 1.32 bits per heavy atom. The first-order chi connectivity index (χ1) is 9.24. The molecule has 0 unspecified atom stereocenters. The van der Waals surface area contributed by atoms with Crippen LogP contribution in [0.25, 0.3) is 0 Å². The molecule has 0 radical (unpaired) electrons. The third-order valence-corrected chi connectivity index (χ3v) is 4.06. The van der Waals surface area contributed by atoms with Gasteiger partial charge in [-0.3, -0.25) is 0 Å². The van der Waals surface area contributed by atoms with Crippen molar-refractivity contribution in [2.75, 3.05) is 13.1 Å². The summed E-state index contributed by atoms with van der Waals surface area (Å²) >= 11 is 5.93. The minimum absolute atomic E-state index is 0.183. The zero-order valence-electron chi connectivity index (χ0n) is 10.4. The molecular weight excluding hydrogens is 261 g/mol. The van der Waals surface area contributed by atoms with E-state index in [4.69, 9.17) is 11.6 Å². The molecule has 1 aliphatic heterocycles. The van der Waals surface area contributed by atoms with Crippen molar-refractivity contribution in [2.24, 2.45) is 0 Å². The maximum absolute atomic E-state index is 13.0. The standard InChI is InChI=1S/C16H15ClFN/c17-13-5-1-11(2-6-13)15-9-19-10-16(15)12-3-7-14(18)8-4-12/h1-8,15-16,19H,9-10H2/t15-,16-/m0/s1. The van der Waals surface area contributed by atoms with Crippen LogP contribution in [0.5, 0.6) is 0 Å². The van der Waals surface area contributed by atoms with Crippen LogP contribution in [-0.4, -0.2) is 13.1 Å². The number of nitrogens with one attached hydrogen (secondary N) is 1. The summed E-state index contributed by atoms with van der Waals surface area (Å²) < 4.78 is 13.0. The summed E-state index contributed by atoms with van der Waals surface area (Å²) in [5, 5.41) is 4.18. The zero-order chi connectivity index (χ0) is 13.2. The second kappa shape index (κ2) is 5.32. The van der Waals surface area contributed by atoms with Crippen LogP contribution >= 0.6 is 11.6 Å². The van der Waals surface area contributed by atoms with E-state index in [1.165, 1.54) is 23.3 Å². The molecule has 3 heteroatoms. The van der Waals surface area contributed by atoms with Gasteiger partial charge >= 0.3 is 0 Å². The first-order valence-electron chi connectivity index (χ1n) is 6.45. The summed E-state index contributed by atoms with van der Waals surface area (Å²) in [7, 11) is 0. The van der Waals surface area contributed by atoms with Gasteiger partial charge in [0.05, 0.1) is 0 Å². The second-order valence-electron chi connectivity index (χ2n) is 4.97. The Morgan fingerprint density at radius 3 is 1.84 bits per heavy atom. The lowest BCUT2D eigenvalue weighted by Crippen LogP contribution is -2.09. The van der Waals surface area contributed by atoms with Crippen molar-refractivity contribution in [3.05, 3.63) is 70.5 Å². The lowest BCUT2D eigenvalue weighted by Gasteiger charge is -2.19. The fourth-order valence-corrected chi connectivity index (χ4v) is 2.93. The molecule has 0 amide bonds. The van der Waals surface area contributed by atoms with E-state index in [0.29, 0.717) is 11.8 Å². The average molecular weight is 276 g/mol. The third-order valence-electron chi connectivity index (χ3n) is 3.81. The van der Waals surface area contributed by atoms with Gasteiger partial charge in [-0.2, -0.15) is 0 Å². The highest BCUT2D eigenvalue weighted by molar-refractivity contribution is 6.30. The molecule has 98 valence electrons. The van der Waals surface area contributed by atoms with E-state index < -0.39 is 0 Å². The molecule has 3 rings (SSSR count). The van der Waals surface area contributed by atoms with Crippen LogP contribution in [0.2, 0.25) is 5.02 Å². The van der Waals surface area contributed by atoms with E-state index in [1.54, 1.807) is 0 Å². The van der Waals surface area contributed by atoms with Gasteiger partial charge in [0, 0.05) is 29.9 Å². The fraction of sp³-hybridized carbons (Fsp3) is 0.250. The molecule has 1 saturated heterocycles. The predicted molar refractivity (Wildman–Crippen MR) is 76.2 cm³/mol.